The number of hydrogen-bond acceptors (Lipinski definition) is 2. The molecule has 0 aromatic heterocycles. The van der Waals surface area contributed by atoms with E-state index < -0.39 is 11.7 Å². The maximum Gasteiger partial charge on any atom is 0.418 e. The molecule has 0 spiro atoms. The molecule has 2 aromatic rings. The minimum atomic E-state index is -4.56. The lowest BCUT2D eigenvalue weighted by atomic mass is 10.1. The van der Waals surface area contributed by atoms with Crippen molar-refractivity contribution in [1.82, 2.24) is 0 Å². The summed E-state index contributed by atoms with van der Waals surface area (Å²) in [6.07, 6.45) is -4.56. The maximum absolute atomic E-state index is 13.0. The molecule has 0 heterocycles. The van der Waals surface area contributed by atoms with E-state index in [0.29, 0.717) is 0 Å². The van der Waals surface area contributed by atoms with Crippen molar-refractivity contribution in [3.8, 4) is 0 Å². The Morgan fingerprint density at radius 3 is 2.14 bits per heavy atom. The Hall–Kier alpha value is -1.30. The van der Waals surface area contributed by atoms with Gasteiger partial charge in [0.15, 0.2) is 0 Å². The number of benzene rings is 2. The third-order valence-electron chi connectivity index (χ3n) is 2.65. The van der Waals surface area contributed by atoms with Gasteiger partial charge in [-0.2, -0.15) is 13.2 Å². The molecule has 2 aromatic carbocycles. The molecular weight excluding hydrogens is 348 g/mol. The van der Waals surface area contributed by atoms with Crippen LogP contribution in [0.2, 0.25) is 15.1 Å². The van der Waals surface area contributed by atoms with Crippen LogP contribution in [-0.4, -0.2) is 0 Å². The Balaban J connectivity index is 2.47. The second-order valence-electron chi connectivity index (χ2n) is 4.17. The van der Waals surface area contributed by atoms with E-state index in [1.807, 2.05) is 0 Å². The van der Waals surface area contributed by atoms with E-state index in [2.05, 4.69) is 5.32 Å². The van der Waals surface area contributed by atoms with E-state index in [1.165, 1.54) is 24.3 Å². The first-order chi connectivity index (χ1) is 9.68. The molecule has 0 aliphatic rings. The number of nitrogens with one attached hydrogen (secondary N) is 1. The van der Waals surface area contributed by atoms with Crippen molar-refractivity contribution in [3.05, 3.63) is 51.0 Å². The second kappa shape index (κ2) is 5.83. The van der Waals surface area contributed by atoms with Gasteiger partial charge in [-0.25, -0.2) is 0 Å². The summed E-state index contributed by atoms with van der Waals surface area (Å²) in [5.41, 5.74) is 5.02. The minimum Gasteiger partial charge on any atom is -0.397 e. The first-order valence-corrected chi connectivity index (χ1v) is 6.70. The quantitative estimate of drug-likeness (QED) is 0.649. The fourth-order valence-electron chi connectivity index (χ4n) is 1.68. The average Bonchev–Trinajstić information content (AvgIpc) is 2.36. The topological polar surface area (TPSA) is 38.0 Å². The molecule has 0 amide bonds. The standard InChI is InChI=1S/C13H8Cl3F3N2/c14-6-1-2-11(7(3-6)13(17,18)19)21-12-5-9(16)8(15)4-10(12)20/h1-5,21H,20H2. The van der Waals surface area contributed by atoms with Crippen molar-refractivity contribution in [2.24, 2.45) is 0 Å². The van der Waals surface area contributed by atoms with Gasteiger partial charge in [0.05, 0.1) is 32.7 Å². The zero-order valence-corrected chi connectivity index (χ0v) is 12.5. The zero-order chi connectivity index (χ0) is 15.8. The van der Waals surface area contributed by atoms with Crippen LogP contribution in [0.5, 0.6) is 0 Å². The predicted octanol–water partition coefficient (Wildman–Crippen LogP) is 5.99. The lowest BCUT2D eigenvalue weighted by Crippen LogP contribution is -2.09. The van der Waals surface area contributed by atoms with Crippen LogP contribution in [0.15, 0.2) is 30.3 Å². The molecule has 0 fully saturated rings. The number of halogens is 6. The number of nitrogens with two attached hydrogens (primary N) is 1. The fourth-order valence-corrected chi connectivity index (χ4v) is 2.18. The molecule has 3 N–H and O–H groups in total. The zero-order valence-electron chi connectivity index (χ0n) is 10.2. The first kappa shape index (κ1) is 16.1. The van der Waals surface area contributed by atoms with Crippen molar-refractivity contribution in [3.63, 3.8) is 0 Å². The van der Waals surface area contributed by atoms with E-state index in [0.717, 1.165) is 6.07 Å². The Bertz CT molecular complexity index is 687. The summed E-state index contributed by atoms with van der Waals surface area (Å²) in [5, 5.41) is 2.97. The Kier molecular flexibility index (Phi) is 4.46. The highest BCUT2D eigenvalue weighted by Gasteiger charge is 2.34. The van der Waals surface area contributed by atoms with Gasteiger partial charge in [0, 0.05) is 5.02 Å². The minimum absolute atomic E-state index is 0.0185. The molecule has 0 saturated carbocycles. The molecule has 0 bridgehead atoms. The van der Waals surface area contributed by atoms with Crippen LogP contribution in [0.3, 0.4) is 0 Å². The van der Waals surface area contributed by atoms with Crippen molar-refractivity contribution >= 4 is 51.9 Å². The summed E-state index contributed by atoms with van der Waals surface area (Å²) >= 11 is 17.2. The molecule has 0 aliphatic heterocycles. The molecular formula is C13H8Cl3F3N2. The van der Waals surface area contributed by atoms with Crippen LogP contribution in [0, 0.1) is 0 Å². The predicted molar refractivity (Wildman–Crippen MR) is 80.6 cm³/mol. The average molecular weight is 356 g/mol. The third-order valence-corrected chi connectivity index (χ3v) is 3.61. The fraction of sp³-hybridized carbons (Fsp3) is 0.0769. The lowest BCUT2D eigenvalue weighted by molar-refractivity contribution is -0.136. The summed E-state index contributed by atoms with van der Waals surface area (Å²) in [4.78, 5) is 0. The van der Waals surface area contributed by atoms with Crippen molar-refractivity contribution in [2.75, 3.05) is 11.1 Å². The molecule has 21 heavy (non-hydrogen) atoms. The number of rotatable bonds is 2. The van der Waals surface area contributed by atoms with Gasteiger partial charge in [-0.05, 0) is 30.3 Å². The van der Waals surface area contributed by atoms with Gasteiger partial charge in [0.1, 0.15) is 0 Å². The van der Waals surface area contributed by atoms with E-state index in [1.54, 1.807) is 0 Å². The van der Waals surface area contributed by atoms with Crippen molar-refractivity contribution < 1.29 is 13.2 Å². The molecule has 0 aliphatic carbocycles. The van der Waals surface area contributed by atoms with Crippen LogP contribution < -0.4 is 11.1 Å². The summed E-state index contributed by atoms with van der Waals surface area (Å²) in [7, 11) is 0. The van der Waals surface area contributed by atoms with Crippen molar-refractivity contribution in [2.45, 2.75) is 6.18 Å². The number of anilines is 3. The number of hydrogen-bond donors (Lipinski definition) is 2. The van der Waals surface area contributed by atoms with E-state index in [4.69, 9.17) is 40.5 Å². The van der Waals surface area contributed by atoms with Crippen LogP contribution in [0.1, 0.15) is 5.56 Å². The van der Waals surface area contributed by atoms with Gasteiger partial charge in [-0.1, -0.05) is 34.8 Å². The van der Waals surface area contributed by atoms with Gasteiger partial charge in [-0.15, -0.1) is 0 Å². The highest BCUT2D eigenvalue weighted by molar-refractivity contribution is 6.42. The highest BCUT2D eigenvalue weighted by Crippen LogP contribution is 2.39. The number of nitrogen functional groups attached to an aromatic ring is 1. The molecule has 0 unspecified atom stereocenters. The van der Waals surface area contributed by atoms with E-state index in [9.17, 15) is 13.2 Å². The van der Waals surface area contributed by atoms with Gasteiger partial charge < -0.3 is 11.1 Å². The van der Waals surface area contributed by atoms with Crippen LogP contribution in [0.4, 0.5) is 30.2 Å². The monoisotopic (exact) mass is 354 g/mol. The summed E-state index contributed by atoms with van der Waals surface area (Å²) in [6.45, 7) is 0. The normalized spacial score (nSPS) is 11.5. The molecule has 2 nitrogen and oxygen atoms in total. The summed E-state index contributed by atoms with van der Waals surface area (Å²) in [6, 6.07) is 6.10. The maximum atomic E-state index is 13.0. The second-order valence-corrected chi connectivity index (χ2v) is 5.42. The lowest BCUT2D eigenvalue weighted by Gasteiger charge is -2.16. The first-order valence-electron chi connectivity index (χ1n) is 5.57. The van der Waals surface area contributed by atoms with Crippen LogP contribution in [0.25, 0.3) is 0 Å². The molecule has 112 valence electrons. The Morgan fingerprint density at radius 2 is 1.52 bits per heavy atom. The van der Waals surface area contributed by atoms with E-state index in [-0.39, 0.29) is 32.1 Å². The Morgan fingerprint density at radius 1 is 0.905 bits per heavy atom. The molecule has 0 saturated heterocycles. The molecule has 2 rings (SSSR count). The van der Waals surface area contributed by atoms with Gasteiger partial charge in [0.25, 0.3) is 0 Å². The SMILES string of the molecule is Nc1cc(Cl)c(Cl)cc1Nc1ccc(Cl)cc1C(F)(F)F. The highest BCUT2D eigenvalue weighted by atomic mass is 35.5. The smallest absolute Gasteiger partial charge is 0.397 e. The molecule has 0 atom stereocenters. The van der Waals surface area contributed by atoms with Crippen molar-refractivity contribution in [1.29, 1.82) is 0 Å². The van der Waals surface area contributed by atoms with E-state index >= 15 is 0 Å². The van der Waals surface area contributed by atoms with Crippen LogP contribution in [-0.2, 0) is 6.18 Å². The number of alkyl halides is 3. The van der Waals surface area contributed by atoms with Gasteiger partial charge in [0.2, 0.25) is 0 Å². The van der Waals surface area contributed by atoms with Gasteiger partial charge >= 0.3 is 6.18 Å². The Labute approximate surface area is 133 Å². The van der Waals surface area contributed by atoms with Gasteiger partial charge in [-0.3, -0.25) is 0 Å². The van der Waals surface area contributed by atoms with Crippen LogP contribution >= 0.6 is 34.8 Å². The molecule has 8 heteroatoms. The summed E-state index contributed by atoms with van der Waals surface area (Å²) in [5.74, 6) is 0. The third kappa shape index (κ3) is 3.67. The largest absolute Gasteiger partial charge is 0.418 e. The molecule has 0 radical (unpaired) electrons. The summed E-state index contributed by atoms with van der Waals surface area (Å²) < 4.78 is 39.0.